The quantitative estimate of drug-likeness (QED) is 0.698. The number of nitrogens with zero attached hydrogens (tertiary/aromatic N) is 5. The van der Waals surface area contributed by atoms with E-state index in [4.69, 9.17) is 0 Å². The average Bonchev–Trinajstić information content (AvgIpc) is 3.11. The minimum atomic E-state index is -4.35. The average molecular weight is 379 g/mol. The zero-order valence-corrected chi connectivity index (χ0v) is 14.6. The Labute approximate surface area is 152 Å². The summed E-state index contributed by atoms with van der Waals surface area (Å²) in [7, 11) is 0. The van der Waals surface area contributed by atoms with Gasteiger partial charge in [-0.3, -0.25) is 9.88 Å². The molecule has 4 heterocycles. The van der Waals surface area contributed by atoms with Gasteiger partial charge in [0.15, 0.2) is 0 Å². The number of hydrogen-bond acceptors (Lipinski definition) is 6. The molecule has 0 aliphatic carbocycles. The van der Waals surface area contributed by atoms with Gasteiger partial charge in [0.1, 0.15) is 12.1 Å². The van der Waals surface area contributed by atoms with E-state index >= 15 is 0 Å². The number of hydrogen-bond donors (Lipinski definition) is 0. The molecule has 0 radical (unpaired) electrons. The Hall–Kier alpha value is -2.26. The Balaban J connectivity index is 1.39. The number of rotatable bonds is 3. The molecule has 0 spiro atoms. The van der Waals surface area contributed by atoms with E-state index in [2.05, 4.69) is 24.8 Å². The third-order valence-electron chi connectivity index (χ3n) is 4.43. The van der Waals surface area contributed by atoms with E-state index in [1.54, 1.807) is 17.7 Å². The molecule has 3 aromatic rings. The Morgan fingerprint density at radius 2 is 1.81 bits per heavy atom. The van der Waals surface area contributed by atoms with Crippen molar-refractivity contribution in [1.82, 2.24) is 19.9 Å². The Morgan fingerprint density at radius 3 is 2.50 bits per heavy atom. The smallest absolute Gasteiger partial charge is 0.353 e. The minimum Gasteiger partial charge on any atom is -0.353 e. The lowest BCUT2D eigenvalue weighted by Crippen LogP contribution is -2.46. The van der Waals surface area contributed by atoms with E-state index in [0.29, 0.717) is 12.2 Å². The van der Waals surface area contributed by atoms with Crippen LogP contribution in [0.25, 0.3) is 10.2 Å². The Kier molecular flexibility index (Phi) is 4.49. The number of alkyl halides is 3. The summed E-state index contributed by atoms with van der Waals surface area (Å²) in [6.45, 7) is 3.78. The number of anilines is 1. The molecule has 0 bridgehead atoms. The molecular formula is C17H16F3N5S. The second-order valence-corrected chi connectivity index (χ2v) is 7.05. The Bertz CT molecular complexity index is 885. The molecule has 9 heteroatoms. The number of thiophene rings is 1. The van der Waals surface area contributed by atoms with Crippen molar-refractivity contribution in [1.29, 1.82) is 0 Å². The third kappa shape index (κ3) is 3.49. The number of aromatic nitrogens is 3. The van der Waals surface area contributed by atoms with Crippen LogP contribution in [0.15, 0.2) is 36.1 Å². The van der Waals surface area contributed by atoms with Crippen molar-refractivity contribution in [3.05, 3.63) is 47.4 Å². The van der Waals surface area contributed by atoms with E-state index in [1.165, 1.54) is 6.07 Å². The summed E-state index contributed by atoms with van der Waals surface area (Å²) in [4.78, 5) is 17.1. The molecule has 1 aliphatic heterocycles. The van der Waals surface area contributed by atoms with Crippen LogP contribution in [0.2, 0.25) is 0 Å². The first-order valence-electron chi connectivity index (χ1n) is 8.18. The molecule has 1 fully saturated rings. The molecular weight excluding hydrogens is 363 g/mol. The van der Waals surface area contributed by atoms with Gasteiger partial charge in [0, 0.05) is 38.9 Å². The number of pyridine rings is 1. The van der Waals surface area contributed by atoms with E-state index in [0.717, 1.165) is 54.5 Å². The highest BCUT2D eigenvalue weighted by Gasteiger charge is 2.30. The maximum Gasteiger partial charge on any atom is 0.417 e. The zero-order valence-electron chi connectivity index (χ0n) is 13.8. The summed E-state index contributed by atoms with van der Waals surface area (Å²) in [6, 6.07) is 4.53. The van der Waals surface area contributed by atoms with Crippen LogP contribution in [-0.2, 0) is 12.7 Å². The van der Waals surface area contributed by atoms with Crippen molar-refractivity contribution in [2.75, 3.05) is 31.1 Å². The van der Waals surface area contributed by atoms with Crippen molar-refractivity contribution in [3.63, 3.8) is 0 Å². The van der Waals surface area contributed by atoms with Gasteiger partial charge in [0.2, 0.25) is 0 Å². The lowest BCUT2D eigenvalue weighted by Gasteiger charge is -2.35. The van der Waals surface area contributed by atoms with Crippen molar-refractivity contribution in [3.8, 4) is 0 Å². The van der Waals surface area contributed by atoms with Crippen LogP contribution in [0, 0.1) is 0 Å². The topological polar surface area (TPSA) is 45.2 Å². The predicted molar refractivity (Wildman–Crippen MR) is 94.1 cm³/mol. The van der Waals surface area contributed by atoms with Gasteiger partial charge in [-0.2, -0.15) is 13.2 Å². The molecule has 0 atom stereocenters. The first-order valence-corrected chi connectivity index (χ1v) is 9.06. The van der Waals surface area contributed by atoms with Crippen molar-refractivity contribution >= 4 is 27.4 Å². The summed E-state index contributed by atoms with van der Waals surface area (Å²) in [5, 5.41) is 2.01. The summed E-state index contributed by atoms with van der Waals surface area (Å²) in [5.41, 5.74) is 0.889. The fraction of sp³-hybridized carbons (Fsp3) is 0.353. The molecule has 26 heavy (non-hydrogen) atoms. The summed E-state index contributed by atoms with van der Waals surface area (Å²) < 4.78 is 38.9. The molecule has 0 amide bonds. The van der Waals surface area contributed by atoms with Gasteiger partial charge in [0.25, 0.3) is 0 Å². The molecule has 1 aliphatic rings. The van der Waals surface area contributed by atoms with E-state index < -0.39 is 11.7 Å². The van der Waals surface area contributed by atoms with Crippen LogP contribution in [0.1, 0.15) is 11.3 Å². The van der Waals surface area contributed by atoms with Gasteiger partial charge in [-0.1, -0.05) is 0 Å². The summed E-state index contributed by atoms with van der Waals surface area (Å²) >= 11 is 1.63. The molecule has 1 saturated heterocycles. The molecule has 0 aromatic carbocycles. The van der Waals surface area contributed by atoms with Gasteiger partial charge in [-0.15, -0.1) is 11.3 Å². The molecule has 0 unspecified atom stereocenters. The van der Waals surface area contributed by atoms with Crippen LogP contribution < -0.4 is 4.90 Å². The van der Waals surface area contributed by atoms with Gasteiger partial charge in [-0.25, -0.2) is 9.97 Å². The Morgan fingerprint density at radius 1 is 1.00 bits per heavy atom. The highest BCUT2D eigenvalue weighted by atomic mass is 32.1. The van der Waals surface area contributed by atoms with E-state index in [-0.39, 0.29) is 0 Å². The fourth-order valence-electron chi connectivity index (χ4n) is 3.03. The lowest BCUT2D eigenvalue weighted by atomic mass is 10.2. The fourth-order valence-corrected chi connectivity index (χ4v) is 3.90. The third-order valence-corrected chi connectivity index (χ3v) is 5.33. The zero-order chi connectivity index (χ0) is 18.1. The first kappa shape index (κ1) is 17.2. The largest absolute Gasteiger partial charge is 0.417 e. The molecule has 3 aromatic heterocycles. The van der Waals surface area contributed by atoms with Crippen molar-refractivity contribution in [2.24, 2.45) is 0 Å². The second-order valence-electron chi connectivity index (χ2n) is 6.13. The van der Waals surface area contributed by atoms with Crippen LogP contribution >= 0.6 is 11.3 Å². The first-order chi connectivity index (χ1) is 12.5. The van der Waals surface area contributed by atoms with Crippen LogP contribution in [0.4, 0.5) is 19.0 Å². The molecule has 0 saturated carbocycles. The van der Waals surface area contributed by atoms with Gasteiger partial charge in [-0.05, 0) is 23.6 Å². The summed E-state index contributed by atoms with van der Waals surface area (Å²) in [6.07, 6.45) is -1.86. The monoisotopic (exact) mass is 379 g/mol. The number of fused-ring (bicyclic) bond motifs is 1. The van der Waals surface area contributed by atoms with E-state index in [1.807, 2.05) is 11.4 Å². The SMILES string of the molecule is FC(F)(F)c1ccc(CN2CCN(c3ncnc4ccsc34)CC2)nc1. The van der Waals surface area contributed by atoms with Crippen LogP contribution in [0.5, 0.6) is 0 Å². The highest BCUT2D eigenvalue weighted by Crippen LogP contribution is 2.29. The number of halogens is 3. The van der Waals surface area contributed by atoms with Crippen molar-refractivity contribution < 1.29 is 13.2 Å². The standard InChI is InChI=1S/C17H16F3N5S/c18-17(19,20)12-1-2-13(21-9-12)10-24-4-6-25(7-5-24)16-15-14(3-8-26-15)22-11-23-16/h1-3,8-9,11H,4-7,10H2. The molecule has 5 nitrogen and oxygen atoms in total. The van der Waals surface area contributed by atoms with Gasteiger partial charge in [0.05, 0.1) is 21.5 Å². The van der Waals surface area contributed by atoms with Gasteiger partial charge < -0.3 is 4.90 Å². The highest BCUT2D eigenvalue weighted by molar-refractivity contribution is 7.17. The predicted octanol–water partition coefficient (Wildman–Crippen LogP) is 3.43. The van der Waals surface area contributed by atoms with Gasteiger partial charge >= 0.3 is 6.18 Å². The second kappa shape index (κ2) is 6.81. The van der Waals surface area contributed by atoms with Crippen LogP contribution in [0.3, 0.4) is 0 Å². The number of piperazine rings is 1. The minimum absolute atomic E-state index is 0.546. The van der Waals surface area contributed by atoms with Crippen LogP contribution in [-0.4, -0.2) is 46.0 Å². The maximum absolute atomic E-state index is 12.6. The normalized spacial score (nSPS) is 16.3. The van der Waals surface area contributed by atoms with Crippen molar-refractivity contribution in [2.45, 2.75) is 12.7 Å². The lowest BCUT2D eigenvalue weighted by molar-refractivity contribution is -0.137. The molecule has 136 valence electrons. The molecule has 0 N–H and O–H groups in total. The maximum atomic E-state index is 12.6. The van der Waals surface area contributed by atoms with E-state index in [9.17, 15) is 13.2 Å². The molecule has 4 rings (SSSR count). The summed E-state index contributed by atoms with van der Waals surface area (Å²) in [5.74, 6) is 0.956.